The number of nitrogens with two attached hydrogens (primary N) is 1. The van der Waals surface area contributed by atoms with E-state index in [2.05, 4.69) is 11.0 Å². The normalized spacial score (nSPS) is 14.1. The van der Waals surface area contributed by atoms with Gasteiger partial charge in [0.2, 0.25) is 5.91 Å². The summed E-state index contributed by atoms with van der Waals surface area (Å²) >= 11 is 1.56. The molecule has 0 radical (unpaired) electrons. The number of nitrogen functional groups attached to an aromatic ring is 1. The summed E-state index contributed by atoms with van der Waals surface area (Å²) in [6, 6.07) is 7.58. The van der Waals surface area contributed by atoms with Crippen LogP contribution in [0.25, 0.3) is 21.6 Å². The summed E-state index contributed by atoms with van der Waals surface area (Å²) in [4.78, 5) is 27.2. The molecule has 3 heterocycles. The number of ether oxygens (including phenoxy) is 1. The molecule has 1 amide bonds. The van der Waals surface area contributed by atoms with Crippen molar-refractivity contribution in [3.63, 3.8) is 0 Å². The highest BCUT2D eigenvalue weighted by molar-refractivity contribution is 7.18. The Labute approximate surface area is 178 Å². The zero-order valence-corrected chi connectivity index (χ0v) is 17.8. The fraction of sp³-hybridized carbons (Fsp3) is 0.333. The van der Waals surface area contributed by atoms with E-state index in [1.807, 2.05) is 12.1 Å². The van der Waals surface area contributed by atoms with Gasteiger partial charge in [0.25, 0.3) is 0 Å². The van der Waals surface area contributed by atoms with Gasteiger partial charge in [0.05, 0.1) is 25.1 Å². The van der Waals surface area contributed by atoms with Crippen LogP contribution in [0.2, 0.25) is 0 Å². The summed E-state index contributed by atoms with van der Waals surface area (Å²) in [5, 5.41) is 8.76. The fourth-order valence-corrected chi connectivity index (χ4v) is 4.53. The predicted molar refractivity (Wildman–Crippen MR) is 120 cm³/mol. The van der Waals surface area contributed by atoms with Gasteiger partial charge in [-0.2, -0.15) is 0 Å². The number of aromatic nitrogens is 2. The molecule has 2 aromatic heterocycles. The molecule has 0 bridgehead atoms. The second-order valence-corrected chi connectivity index (χ2v) is 8.34. The van der Waals surface area contributed by atoms with Crippen LogP contribution in [0.4, 0.5) is 11.5 Å². The smallest absolute Gasteiger partial charge is 0.219 e. The topological polar surface area (TPSA) is 108 Å². The molecule has 30 heavy (non-hydrogen) atoms. The molecule has 1 aliphatic heterocycles. The summed E-state index contributed by atoms with van der Waals surface area (Å²) in [5.74, 6) is 1.41. The number of fused-ring (bicyclic) bond motifs is 1. The minimum absolute atomic E-state index is 0.0167. The van der Waals surface area contributed by atoms with E-state index >= 15 is 0 Å². The number of thiophene rings is 1. The Morgan fingerprint density at radius 2 is 2.13 bits per heavy atom. The van der Waals surface area contributed by atoms with Gasteiger partial charge in [-0.3, -0.25) is 4.79 Å². The Bertz CT molecular complexity index is 1110. The number of benzene rings is 1. The van der Waals surface area contributed by atoms with Gasteiger partial charge in [-0.05, 0) is 12.1 Å². The number of carbonyl (C=O) groups is 1. The van der Waals surface area contributed by atoms with Crippen molar-refractivity contribution in [2.24, 2.45) is 0 Å². The van der Waals surface area contributed by atoms with Crippen LogP contribution in [0, 0.1) is 5.41 Å². The Kier molecular flexibility index (Phi) is 5.65. The highest BCUT2D eigenvalue weighted by Crippen LogP contribution is 2.35. The standard InChI is InChI=1S/C21H24N6O2S/c1-13(28)26(2)12-14-10-16-20(27-6-8-29-9-7-27)24-19(25-21(16)30-14)15-4-3-5-18(23)17(15)11-22/h3-5,10-11,22H,6-9,12,23H2,1-2H3. The van der Waals surface area contributed by atoms with Crippen molar-refractivity contribution in [1.29, 1.82) is 5.41 Å². The number of nitrogens with zero attached hydrogens (tertiary/aromatic N) is 4. The zero-order valence-electron chi connectivity index (χ0n) is 17.0. The third-order valence-electron chi connectivity index (χ3n) is 5.19. The highest BCUT2D eigenvalue weighted by atomic mass is 32.1. The van der Waals surface area contributed by atoms with Crippen molar-refractivity contribution in [2.45, 2.75) is 13.5 Å². The number of hydrogen-bond donors (Lipinski definition) is 2. The maximum atomic E-state index is 11.7. The molecule has 0 unspecified atom stereocenters. The third-order valence-corrected chi connectivity index (χ3v) is 6.20. The lowest BCUT2D eigenvalue weighted by molar-refractivity contribution is -0.128. The van der Waals surface area contributed by atoms with E-state index in [1.165, 1.54) is 6.21 Å². The van der Waals surface area contributed by atoms with Crippen LogP contribution in [-0.2, 0) is 16.1 Å². The van der Waals surface area contributed by atoms with Crippen LogP contribution < -0.4 is 10.6 Å². The summed E-state index contributed by atoms with van der Waals surface area (Å²) < 4.78 is 5.51. The maximum Gasteiger partial charge on any atom is 0.219 e. The van der Waals surface area contributed by atoms with Crippen LogP contribution in [0.15, 0.2) is 24.3 Å². The van der Waals surface area contributed by atoms with E-state index in [9.17, 15) is 4.79 Å². The van der Waals surface area contributed by atoms with E-state index in [4.69, 9.17) is 25.8 Å². The van der Waals surface area contributed by atoms with E-state index in [1.54, 1.807) is 36.3 Å². The van der Waals surface area contributed by atoms with Gasteiger partial charge in [-0.25, -0.2) is 9.97 Å². The van der Waals surface area contributed by atoms with Crippen molar-refractivity contribution in [3.05, 3.63) is 34.7 Å². The first-order valence-electron chi connectivity index (χ1n) is 9.72. The second kappa shape index (κ2) is 8.37. The summed E-state index contributed by atoms with van der Waals surface area (Å²) in [7, 11) is 1.79. The number of nitrogens with one attached hydrogen (secondary N) is 1. The van der Waals surface area contributed by atoms with Crippen LogP contribution >= 0.6 is 11.3 Å². The van der Waals surface area contributed by atoms with E-state index in [0.29, 0.717) is 36.8 Å². The van der Waals surface area contributed by atoms with E-state index < -0.39 is 0 Å². The molecular weight excluding hydrogens is 400 g/mol. The number of carbonyl (C=O) groups excluding carboxylic acids is 1. The van der Waals surface area contributed by atoms with Crippen LogP contribution in [0.1, 0.15) is 17.4 Å². The number of hydrogen-bond acceptors (Lipinski definition) is 8. The number of rotatable bonds is 5. The van der Waals surface area contributed by atoms with Crippen molar-refractivity contribution >= 4 is 45.2 Å². The molecule has 1 saturated heterocycles. The highest BCUT2D eigenvalue weighted by Gasteiger charge is 2.21. The Morgan fingerprint density at radius 1 is 1.37 bits per heavy atom. The summed E-state index contributed by atoms with van der Waals surface area (Å²) in [5.41, 5.74) is 7.95. The minimum Gasteiger partial charge on any atom is -0.398 e. The molecule has 4 rings (SSSR count). The largest absolute Gasteiger partial charge is 0.398 e. The van der Waals surface area contributed by atoms with Crippen LogP contribution in [-0.4, -0.2) is 60.3 Å². The summed E-state index contributed by atoms with van der Waals surface area (Å²) in [6.07, 6.45) is 1.24. The minimum atomic E-state index is 0.0167. The van der Waals surface area contributed by atoms with Crippen molar-refractivity contribution in [2.75, 3.05) is 44.0 Å². The maximum absolute atomic E-state index is 11.7. The van der Waals surface area contributed by atoms with Crippen LogP contribution in [0.3, 0.4) is 0 Å². The van der Waals surface area contributed by atoms with Crippen molar-refractivity contribution in [3.8, 4) is 11.4 Å². The molecule has 1 aliphatic rings. The van der Waals surface area contributed by atoms with Crippen LogP contribution in [0.5, 0.6) is 0 Å². The molecule has 0 atom stereocenters. The van der Waals surface area contributed by atoms with Gasteiger partial charge >= 0.3 is 0 Å². The molecule has 0 aliphatic carbocycles. The SMILES string of the molecule is CC(=O)N(C)Cc1cc2c(N3CCOCC3)nc(-c3cccc(N)c3C=N)nc2s1. The van der Waals surface area contributed by atoms with Crippen molar-refractivity contribution in [1.82, 2.24) is 14.9 Å². The molecule has 8 nitrogen and oxygen atoms in total. The van der Waals surface area contributed by atoms with Gasteiger partial charge < -0.3 is 25.7 Å². The average molecular weight is 425 g/mol. The van der Waals surface area contributed by atoms with Gasteiger partial charge in [-0.1, -0.05) is 12.1 Å². The zero-order chi connectivity index (χ0) is 21.3. The van der Waals surface area contributed by atoms with E-state index in [0.717, 1.165) is 39.6 Å². The van der Waals surface area contributed by atoms with Gasteiger partial charge in [-0.15, -0.1) is 11.3 Å². The second-order valence-electron chi connectivity index (χ2n) is 7.23. The lowest BCUT2D eigenvalue weighted by atomic mass is 10.1. The lowest BCUT2D eigenvalue weighted by Gasteiger charge is -2.28. The molecule has 3 N–H and O–H groups in total. The van der Waals surface area contributed by atoms with Gasteiger partial charge in [0.15, 0.2) is 5.82 Å². The van der Waals surface area contributed by atoms with Gasteiger partial charge in [0.1, 0.15) is 10.6 Å². The molecule has 1 aromatic carbocycles. The molecule has 9 heteroatoms. The first kappa shape index (κ1) is 20.2. The Morgan fingerprint density at radius 3 is 2.83 bits per heavy atom. The van der Waals surface area contributed by atoms with Crippen molar-refractivity contribution < 1.29 is 9.53 Å². The third kappa shape index (κ3) is 3.86. The van der Waals surface area contributed by atoms with E-state index in [-0.39, 0.29) is 5.91 Å². The molecule has 3 aromatic rings. The molecular formula is C21H24N6O2S. The monoisotopic (exact) mass is 424 g/mol. The number of amides is 1. The predicted octanol–water partition coefficient (Wildman–Crippen LogP) is 2.75. The number of anilines is 2. The fourth-order valence-electron chi connectivity index (χ4n) is 3.46. The van der Waals surface area contributed by atoms with Gasteiger partial charge in [0, 0.05) is 55.0 Å². The Hall–Kier alpha value is -3.04. The quantitative estimate of drug-likeness (QED) is 0.482. The molecule has 1 fully saturated rings. The first-order valence-corrected chi connectivity index (χ1v) is 10.5. The first-order chi connectivity index (χ1) is 14.5. The molecule has 156 valence electrons. The molecule has 0 spiro atoms. The average Bonchev–Trinajstić information content (AvgIpc) is 3.15. The molecule has 0 saturated carbocycles. The summed E-state index contributed by atoms with van der Waals surface area (Å²) in [6.45, 7) is 4.88. The lowest BCUT2D eigenvalue weighted by Crippen LogP contribution is -2.37. The Balaban J connectivity index is 1.87. The number of morpholine rings is 1.